The standard InChI is InChI=1S/C12H22N4O/c1-4-13-5-6-14-11-7-12(16-9-15-11)17-8-10(2)3/h7,9-10,13H,4-6,8H2,1-3H3,(H,14,15,16). The van der Waals surface area contributed by atoms with Crippen molar-refractivity contribution in [2.75, 3.05) is 31.6 Å². The number of nitrogens with zero attached hydrogens (tertiary/aromatic N) is 2. The van der Waals surface area contributed by atoms with Crippen molar-refractivity contribution in [3.8, 4) is 5.88 Å². The fraction of sp³-hybridized carbons (Fsp3) is 0.667. The Balaban J connectivity index is 2.37. The molecule has 1 rings (SSSR count). The summed E-state index contributed by atoms with van der Waals surface area (Å²) in [5.41, 5.74) is 0. The van der Waals surface area contributed by atoms with E-state index in [-0.39, 0.29) is 0 Å². The van der Waals surface area contributed by atoms with Gasteiger partial charge in [-0.05, 0) is 12.5 Å². The minimum absolute atomic E-state index is 0.495. The van der Waals surface area contributed by atoms with Gasteiger partial charge in [0.25, 0.3) is 0 Å². The Labute approximate surface area is 103 Å². The second kappa shape index (κ2) is 7.84. The quantitative estimate of drug-likeness (QED) is 0.673. The topological polar surface area (TPSA) is 59.1 Å². The molecular formula is C12H22N4O. The van der Waals surface area contributed by atoms with Gasteiger partial charge < -0.3 is 15.4 Å². The molecule has 0 bridgehead atoms. The van der Waals surface area contributed by atoms with Crippen LogP contribution in [0.2, 0.25) is 0 Å². The molecule has 1 aromatic heterocycles. The molecule has 2 N–H and O–H groups in total. The summed E-state index contributed by atoms with van der Waals surface area (Å²) < 4.78 is 5.53. The smallest absolute Gasteiger partial charge is 0.218 e. The van der Waals surface area contributed by atoms with Crippen LogP contribution in [0.15, 0.2) is 12.4 Å². The van der Waals surface area contributed by atoms with Crippen molar-refractivity contribution in [2.24, 2.45) is 5.92 Å². The average molecular weight is 238 g/mol. The third-order valence-electron chi connectivity index (χ3n) is 2.06. The summed E-state index contributed by atoms with van der Waals surface area (Å²) in [6.07, 6.45) is 1.52. The van der Waals surface area contributed by atoms with Gasteiger partial charge in [0.1, 0.15) is 12.1 Å². The number of nitrogens with one attached hydrogen (secondary N) is 2. The van der Waals surface area contributed by atoms with Gasteiger partial charge >= 0.3 is 0 Å². The second-order valence-corrected chi connectivity index (χ2v) is 4.23. The average Bonchev–Trinajstić information content (AvgIpc) is 2.33. The van der Waals surface area contributed by atoms with E-state index in [0.29, 0.717) is 18.4 Å². The van der Waals surface area contributed by atoms with E-state index in [0.717, 1.165) is 25.5 Å². The second-order valence-electron chi connectivity index (χ2n) is 4.23. The number of rotatable bonds is 8. The van der Waals surface area contributed by atoms with E-state index in [2.05, 4.69) is 41.4 Å². The van der Waals surface area contributed by atoms with Crippen LogP contribution >= 0.6 is 0 Å². The zero-order chi connectivity index (χ0) is 12.5. The fourth-order valence-electron chi connectivity index (χ4n) is 1.22. The van der Waals surface area contributed by atoms with Crippen LogP contribution in [-0.2, 0) is 0 Å². The van der Waals surface area contributed by atoms with E-state index in [1.54, 1.807) is 0 Å². The van der Waals surface area contributed by atoms with Crippen LogP contribution in [0.25, 0.3) is 0 Å². The summed E-state index contributed by atoms with van der Waals surface area (Å²) >= 11 is 0. The van der Waals surface area contributed by atoms with E-state index in [4.69, 9.17) is 4.74 Å². The summed E-state index contributed by atoms with van der Waals surface area (Å²) in [5.74, 6) is 1.92. The zero-order valence-electron chi connectivity index (χ0n) is 10.9. The van der Waals surface area contributed by atoms with Crippen molar-refractivity contribution in [1.29, 1.82) is 0 Å². The first-order valence-electron chi connectivity index (χ1n) is 6.11. The van der Waals surface area contributed by atoms with E-state index in [9.17, 15) is 0 Å². The van der Waals surface area contributed by atoms with Gasteiger partial charge in [-0.25, -0.2) is 9.97 Å². The van der Waals surface area contributed by atoms with Crippen LogP contribution in [0, 0.1) is 5.92 Å². The Morgan fingerprint density at radius 2 is 2.12 bits per heavy atom. The highest BCUT2D eigenvalue weighted by Gasteiger charge is 2.00. The van der Waals surface area contributed by atoms with Gasteiger partial charge in [-0.15, -0.1) is 0 Å². The van der Waals surface area contributed by atoms with Crippen LogP contribution in [0.3, 0.4) is 0 Å². The summed E-state index contributed by atoms with van der Waals surface area (Å²) in [5, 5.41) is 6.45. The first-order chi connectivity index (χ1) is 8.22. The van der Waals surface area contributed by atoms with Gasteiger partial charge in [-0.3, -0.25) is 0 Å². The molecule has 1 heterocycles. The van der Waals surface area contributed by atoms with E-state index >= 15 is 0 Å². The molecule has 0 aromatic carbocycles. The monoisotopic (exact) mass is 238 g/mol. The maximum absolute atomic E-state index is 5.53. The maximum atomic E-state index is 5.53. The van der Waals surface area contributed by atoms with E-state index < -0.39 is 0 Å². The molecule has 0 unspecified atom stereocenters. The lowest BCUT2D eigenvalue weighted by Crippen LogP contribution is -2.21. The molecule has 1 aromatic rings. The lowest BCUT2D eigenvalue weighted by Gasteiger charge is -2.09. The van der Waals surface area contributed by atoms with Gasteiger partial charge in [-0.1, -0.05) is 20.8 Å². The van der Waals surface area contributed by atoms with Crippen molar-refractivity contribution in [3.63, 3.8) is 0 Å². The molecule has 17 heavy (non-hydrogen) atoms. The van der Waals surface area contributed by atoms with Crippen molar-refractivity contribution >= 4 is 5.82 Å². The number of ether oxygens (including phenoxy) is 1. The molecule has 0 aliphatic carbocycles. The molecule has 0 saturated carbocycles. The number of hydrogen-bond donors (Lipinski definition) is 2. The zero-order valence-corrected chi connectivity index (χ0v) is 10.9. The molecule has 5 nitrogen and oxygen atoms in total. The Morgan fingerprint density at radius 3 is 2.82 bits per heavy atom. The third kappa shape index (κ3) is 6.06. The van der Waals surface area contributed by atoms with Gasteiger partial charge in [0.05, 0.1) is 6.61 Å². The number of anilines is 1. The SMILES string of the molecule is CCNCCNc1cc(OCC(C)C)ncn1. The molecule has 96 valence electrons. The van der Waals surface area contributed by atoms with Gasteiger partial charge in [0.2, 0.25) is 5.88 Å². The first-order valence-corrected chi connectivity index (χ1v) is 6.11. The van der Waals surface area contributed by atoms with Crippen molar-refractivity contribution in [1.82, 2.24) is 15.3 Å². The van der Waals surface area contributed by atoms with Gasteiger partial charge in [0, 0.05) is 19.2 Å². The fourth-order valence-corrected chi connectivity index (χ4v) is 1.22. The molecule has 0 radical (unpaired) electrons. The van der Waals surface area contributed by atoms with Gasteiger partial charge in [0.15, 0.2) is 0 Å². The van der Waals surface area contributed by atoms with Gasteiger partial charge in [-0.2, -0.15) is 0 Å². The summed E-state index contributed by atoms with van der Waals surface area (Å²) in [6.45, 7) is 9.72. The summed E-state index contributed by atoms with van der Waals surface area (Å²) in [6, 6.07) is 1.83. The molecule has 0 amide bonds. The lowest BCUT2D eigenvalue weighted by atomic mass is 10.2. The molecule has 0 saturated heterocycles. The van der Waals surface area contributed by atoms with Crippen molar-refractivity contribution in [3.05, 3.63) is 12.4 Å². The highest BCUT2D eigenvalue weighted by molar-refractivity contribution is 5.36. The van der Waals surface area contributed by atoms with Crippen molar-refractivity contribution in [2.45, 2.75) is 20.8 Å². The van der Waals surface area contributed by atoms with E-state index in [1.807, 2.05) is 6.07 Å². The Bertz CT molecular complexity index is 317. The predicted octanol–water partition coefficient (Wildman–Crippen LogP) is 1.53. The normalized spacial score (nSPS) is 10.6. The molecule has 0 aliphatic rings. The molecule has 0 aliphatic heterocycles. The molecule has 0 spiro atoms. The van der Waals surface area contributed by atoms with Crippen LogP contribution < -0.4 is 15.4 Å². The Kier molecular flexibility index (Phi) is 6.32. The maximum Gasteiger partial charge on any atom is 0.218 e. The number of hydrogen-bond acceptors (Lipinski definition) is 5. The van der Waals surface area contributed by atoms with E-state index in [1.165, 1.54) is 6.33 Å². The van der Waals surface area contributed by atoms with Crippen LogP contribution in [0.1, 0.15) is 20.8 Å². The van der Waals surface area contributed by atoms with Crippen molar-refractivity contribution < 1.29 is 4.74 Å². The summed E-state index contributed by atoms with van der Waals surface area (Å²) in [7, 11) is 0. The number of aromatic nitrogens is 2. The molecule has 0 atom stereocenters. The number of likely N-dealkylation sites (N-methyl/N-ethyl adjacent to an activating group) is 1. The first kappa shape index (κ1) is 13.7. The lowest BCUT2D eigenvalue weighted by molar-refractivity contribution is 0.261. The third-order valence-corrected chi connectivity index (χ3v) is 2.06. The summed E-state index contributed by atoms with van der Waals surface area (Å²) in [4.78, 5) is 8.20. The minimum Gasteiger partial charge on any atom is -0.477 e. The molecule has 5 heteroatoms. The Morgan fingerprint density at radius 1 is 1.29 bits per heavy atom. The van der Waals surface area contributed by atoms with Crippen LogP contribution in [-0.4, -0.2) is 36.2 Å². The van der Waals surface area contributed by atoms with Crippen LogP contribution in [0.5, 0.6) is 5.88 Å². The predicted molar refractivity (Wildman–Crippen MR) is 69.4 cm³/mol. The molecule has 0 fully saturated rings. The highest BCUT2D eigenvalue weighted by atomic mass is 16.5. The van der Waals surface area contributed by atoms with Crippen LogP contribution in [0.4, 0.5) is 5.82 Å². The largest absolute Gasteiger partial charge is 0.477 e. The highest BCUT2D eigenvalue weighted by Crippen LogP contribution is 2.11. The minimum atomic E-state index is 0.495. The molecular weight excluding hydrogens is 216 g/mol. The Hall–Kier alpha value is -1.36.